The molecule has 0 fully saturated rings. The largest absolute Gasteiger partial charge is 0.397 e. The molecule has 0 aromatic heterocycles. The van der Waals surface area contributed by atoms with Crippen LogP contribution >= 0.6 is 0 Å². The molecule has 0 saturated carbocycles. The quantitative estimate of drug-likeness (QED) is 0.160. The van der Waals surface area contributed by atoms with Crippen LogP contribution in [-0.2, 0) is 19.3 Å². The topological polar surface area (TPSA) is 72.8 Å². The maximum Gasteiger partial charge on any atom is 0.397 e. The molecule has 6 heteroatoms. The Morgan fingerprint density at radius 3 is 1.73 bits per heavy atom. The van der Waals surface area contributed by atoms with Crippen LogP contribution in [0.15, 0.2) is 12.2 Å². The molecule has 0 rings (SSSR count). The molecule has 26 heavy (non-hydrogen) atoms. The molecule has 156 valence electrons. The Hall–Kier alpha value is -0.430. The molecule has 0 radical (unpaired) electrons. The fourth-order valence-corrected chi connectivity index (χ4v) is 3.03. The van der Waals surface area contributed by atoms with Crippen LogP contribution in [0.3, 0.4) is 0 Å². The average molecular weight is 393 g/mol. The summed E-state index contributed by atoms with van der Waals surface area (Å²) in [7, 11) is -4.33. The summed E-state index contributed by atoms with van der Waals surface area (Å²) in [6.07, 6.45) is 22.5. The maximum atomic E-state index is 10.3. The van der Waals surface area contributed by atoms with E-state index in [0.29, 0.717) is 6.61 Å². The maximum absolute atomic E-state index is 10.3. The highest BCUT2D eigenvalue weighted by Crippen LogP contribution is 2.10. The van der Waals surface area contributed by atoms with Crippen molar-refractivity contribution in [3.05, 3.63) is 12.2 Å². The number of hydrogen-bond donors (Lipinski definition) is 1. The summed E-state index contributed by atoms with van der Waals surface area (Å²) in [6, 6.07) is 0. The fourth-order valence-electron chi connectivity index (χ4n) is 2.75. The van der Waals surface area contributed by atoms with Crippen LogP contribution in [0.5, 0.6) is 0 Å². The predicted octanol–water partition coefficient (Wildman–Crippen LogP) is 5.86. The second kappa shape index (κ2) is 19.3. The molecule has 5 nitrogen and oxygen atoms in total. The van der Waals surface area contributed by atoms with Gasteiger partial charge in [0.2, 0.25) is 0 Å². The standard InChI is InChI=1S/C20H40O5S/c1-2-3-4-5-6-7-8-9-10-11-12-13-14-15-16-17-18-24-19-20-25-26(21,22)23/h9-10H,2-8,11-20H2,1H3,(H,21,22,23)/b10-9-. The smallest absolute Gasteiger partial charge is 0.379 e. The SMILES string of the molecule is CCCCCCCC/C=C\CCCCCCCCOCCOS(=O)(=O)O. The zero-order valence-electron chi connectivity index (χ0n) is 16.7. The Balaban J connectivity index is 3.12. The lowest BCUT2D eigenvalue weighted by atomic mass is 10.1. The Morgan fingerprint density at radius 2 is 1.19 bits per heavy atom. The van der Waals surface area contributed by atoms with Crippen LogP contribution in [0.4, 0.5) is 0 Å². The van der Waals surface area contributed by atoms with E-state index < -0.39 is 10.4 Å². The van der Waals surface area contributed by atoms with Crippen molar-refractivity contribution in [3.63, 3.8) is 0 Å². The number of unbranched alkanes of at least 4 members (excludes halogenated alkanes) is 12. The monoisotopic (exact) mass is 392 g/mol. The third-order valence-electron chi connectivity index (χ3n) is 4.26. The summed E-state index contributed by atoms with van der Waals surface area (Å²) in [5.41, 5.74) is 0. The first-order chi connectivity index (χ1) is 12.6. The van der Waals surface area contributed by atoms with Crippen molar-refractivity contribution in [2.24, 2.45) is 0 Å². The van der Waals surface area contributed by atoms with E-state index in [0.717, 1.165) is 12.8 Å². The highest BCUT2D eigenvalue weighted by atomic mass is 32.3. The second-order valence-electron chi connectivity index (χ2n) is 6.80. The lowest BCUT2D eigenvalue weighted by molar-refractivity contribution is 0.0945. The van der Waals surface area contributed by atoms with E-state index in [9.17, 15) is 8.42 Å². The van der Waals surface area contributed by atoms with Gasteiger partial charge in [0.05, 0.1) is 13.2 Å². The minimum atomic E-state index is -4.33. The van der Waals surface area contributed by atoms with E-state index >= 15 is 0 Å². The van der Waals surface area contributed by atoms with Gasteiger partial charge in [-0.05, 0) is 32.1 Å². The zero-order valence-corrected chi connectivity index (χ0v) is 17.5. The van der Waals surface area contributed by atoms with Gasteiger partial charge in [-0.1, -0.05) is 76.9 Å². The summed E-state index contributed by atoms with van der Waals surface area (Å²) in [5.74, 6) is 0. The van der Waals surface area contributed by atoms with Crippen molar-refractivity contribution < 1.29 is 21.9 Å². The van der Waals surface area contributed by atoms with Crippen LogP contribution in [0, 0.1) is 0 Å². The molecule has 0 aliphatic heterocycles. The molecule has 0 aliphatic rings. The highest BCUT2D eigenvalue weighted by molar-refractivity contribution is 7.80. The molecular weight excluding hydrogens is 352 g/mol. The number of rotatable bonds is 20. The number of allylic oxidation sites excluding steroid dienone is 2. The van der Waals surface area contributed by atoms with Crippen LogP contribution in [0.25, 0.3) is 0 Å². The number of hydrogen-bond acceptors (Lipinski definition) is 4. The molecule has 0 aliphatic carbocycles. The van der Waals surface area contributed by atoms with Gasteiger partial charge in [0.15, 0.2) is 0 Å². The molecule has 0 unspecified atom stereocenters. The van der Waals surface area contributed by atoms with Crippen molar-refractivity contribution in [1.29, 1.82) is 0 Å². The van der Waals surface area contributed by atoms with Gasteiger partial charge >= 0.3 is 10.4 Å². The first-order valence-electron chi connectivity index (χ1n) is 10.4. The first kappa shape index (κ1) is 25.6. The normalized spacial score (nSPS) is 12.2. The van der Waals surface area contributed by atoms with Crippen molar-refractivity contribution in [2.45, 2.75) is 96.8 Å². The van der Waals surface area contributed by atoms with Gasteiger partial charge in [0.1, 0.15) is 0 Å². The lowest BCUT2D eigenvalue weighted by Crippen LogP contribution is -2.10. The lowest BCUT2D eigenvalue weighted by Gasteiger charge is -2.04. The molecule has 0 heterocycles. The van der Waals surface area contributed by atoms with Crippen molar-refractivity contribution in [2.75, 3.05) is 19.8 Å². The van der Waals surface area contributed by atoms with Gasteiger partial charge in [-0.25, -0.2) is 4.18 Å². The van der Waals surface area contributed by atoms with E-state index in [1.165, 1.54) is 77.0 Å². The van der Waals surface area contributed by atoms with E-state index in [1.807, 2.05) is 0 Å². The first-order valence-corrected chi connectivity index (χ1v) is 11.8. The van der Waals surface area contributed by atoms with Gasteiger partial charge in [0.25, 0.3) is 0 Å². The van der Waals surface area contributed by atoms with Crippen molar-refractivity contribution in [1.82, 2.24) is 0 Å². The van der Waals surface area contributed by atoms with E-state index in [-0.39, 0.29) is 13.2 Å². The Morgan fingerprint density at radius 1 is 0.692 bits per heavy atom. The third-order valence-corrected chi connectivity index (χ3v) is 4.72. The van der Waals surface area contributed by atoms with E-state index in [4.69, 9.17) is 9.29 Å². The zero-order chi connectivity index (χ0) is 19.3. The van der Waals surface area contributed by atoms with E-state index in [1.54, 1.807) is 0 Å². The van der Waals surface area contributed by atoms with Gasteiger partial charge in [-0.15, -0.1) is 0 Å². The Labute approximate surface area is 161 Å². The predicted molar refractivity (Wildman–Crippen MR) is 108 cm³/mol. The molecule has 0 aromatic rings. The molecule has 0 amide bonds. The molecule has 0 saturated heterocycles. The third kappa shape index (κ3) is 23.6. The number of ether oxygens (including phenoxy) is 1. The summed E-state index contributed by atoms with van der Waals surface area (Å²) < 4.78 is 38.4. The molecule has 0 aromatic carbocycles. The fraction of sp³-hybridized carbons (Fsp3) is 0.900. The Bertz CT molecular complexity index is 406. The summed E-state index contributed by atoms with van der Waals surface area (Å²) >= 11 is 0. The summed E-state index contributed by atoms with van der Waals surface area (Å²) in [6.45, 7) is 2.92. The molecule has 0 atom stereocenters. The minimum Gasteiger partial charge on any atom is -0.379 e. The van der Waals surface area contributed by atoms with Gasteiger partial charge in [-0.2, -0.15) is 8.42 Å². The van der Waals surface area contributed by atoms with Crippen LogP contribution in [-0.4, -0.2) is 32.8 Å². The van der Waals surface area contributed by atoms with Crippen LogP contribution in [0.1, 0.15) is 96.8 Å². The molecule has 0 spiro atoms. The van der Waals surface area contributed by atoms with Crippen LogP contribution in [0.2, 0.25) is 0 Å². The molecular formula is C20H40O5S. The highest BCUT2D eigenvalue weighted by Gasteiger charge is 2.02. The van der Waals surface area contributed by atoms with E-state index in [2.05, 4.69) is 23.3 Å². The minimum absolute atomic E-state index is 0.134. The van der Waals surface area contributed by atoms with Crippen molar-refractivity contribution in [3.8, 4) is 0 Å². The average Bonchev–Trinajstić information content (AvgIpc) is 2.59. The summed E-state index contributed by atoms with van der Waals surface area (Å²) in [5, 5.41) is 0. The van der Waals surface area contributed by atoms with Gasteiger partial charge < -0.3 is 4.74 Å². The van der Waals surface area contributed by atoms with Gasteiger partial charge in [-0.3, -0.25) is 4.55 Å². The second-order valence-corrected chi connectivity index (χ2v) is 7.89. The molecule has 0 bridgehead atoms. The Kier molecular flexibility index (Phi) is 19.0. The van der Waals surface area contributed by atoms with Gasteiger partial charge in [0, 0.05) is 6.61 Å². The molecule has 1 N–H and O–H groups in total. The summed E-state index contributed by atoms with van der Waals surface area (Å²) in [4.78, 5) is 0. The van der Waals surface area contributed by atoms with Crippen molar-refractivity contribution >= 4 is 10.4 Å². The van der Waals surface area contributed by atoms with Crippen LogP contribution < -0.4 is 0 Å².